The van der Waals surface area contributed by atoms with Crippen molar-refractivity contribution in [3.63, 3.8) is 0 Å². The van der Waals surface area contributed by atoms with E-state index in [2.05, 4.69) is 78.8 Å². The molecule has 0 amide bonds. The fourth-order valence-corrected chi connectivity index (χ4v) is 4.90. The Morgan fingerprint density at radius 2 is 1.81 bits per heavy atom. The monoisotopic (exact) mass is 497 g/mol. The number of unbranched alkanes of at least 4 members (excludes halogenated alkanes) is 1. The van der Waals surface area contributed by atoms with E-state index < -0.39 is 5.97 Å². The molecular formula is C32H37N2O3+. The Morgan fingerprint density at radius 3 is 2.46 bits per heavy atom. The van der Waals surface area contributed by atoms with Gasteiger partial charge in [-0.05, 0) is 74.4 Å². The number of benzene rings is 2. The highest BCUT2D eigenvalue weighted by Gasteiger charge is 2.44. The molecule has 0 atom stereocenters. The van der Waals surface area contributed by atoms with Gasteiger partial charge in [0.15, 0.2) is 5.71 Å². The quantitative estimate of drug-likeness (QED) is 0.396. The molecule has 37 heavy (non-hydrogen) atoms. The third kappa shape index (κ3) is 5.61. The van der Waals surface area contributed by atoms with Crippen molar-refractivity contribution in [1.29, 1.82) is 0 Å². The molecule has 2 aliphatic rings. The molecule has 1 N–H and O–H groups in total. The molecule has 0 saturated carbocycles. The van der Waals surface area contributed by atoms with Crippen molar-refractivity contribution in [1.82, 2.24) is 0 Å². The number of hydrogen-bond acceptors (Lipinski definition) is 3. The molecule has 2 heterocycles. The lowest BCUT2D eigenvalue weighted by Crippen LogP contribution is -2.28. The van der Waals surface area contributed by atoms with Gasteiger partial charge in [-0.15, -0.1) is 0 Å². The van der Waals surface area contributed by atoms with E-state index in [1.807, 2.05) is 39.2 Å². The molecule has 0 spiro atoms. The van der Waals surface area contributed by atoms with E-state index in [1.165, 1.54) is 5.71 Å². The summed E-state index contributed by atoms with van der Waals surface area (Å²) in [6.07, 6.45) is 12.5. The first-order chi connectivity index (χ1) is 17.6. The molecule has 0 saturated heterocycles. The summed E-state index contributed by atoms with van der Waals surface area (Å²) >= 11 is 0. The van der Waals surface area contributed by atoms with Gasteiger partial charge in [-0.1, -0.05) is 31.6 Å². The molecule has 0 fully saturated rings. The Kier molecular flexibility index (Phi) is 7.53. The summed E-state index contributed by atoms with van der Waals surface area (Å²) in [6, 6.07) is 13.9. The molecule has 4 rings (SSSR count). The van der Waals surface area contributed by atoms with Crippen LogP contribution in [0.4, 0.5) is 11.4 Å². The summed E-state index contributed by atoms with van der Waals surface area (Å²) in [5.41, 5.74) is 6.62. The molecule has 2 aromatic carbocycles. The summed E-state index contributed by atoms with van der Waals surface area (Å²) in [5, 5.41) is 9.58. The van der Waals surface area contributed by atoms with E-state index in [0.717, 1.165) is 59.0 Å². The molecule has 192 valence electrons. The molecule has 0 radical (unpaired) electrons. The zero-order valence-electron chi connectivity index (χ0n) is 22.7. The molecule has 5 heteroatoms. The van der Waals surface area contributed by atoms with Gasteiger partial charge in [-0.2, -0.15) is 4.58 Å². The lowest BCUT2D eigenvalue weighted by Gasteiger charge is -2.18. The molecule has 0 unspecified atom stereocenters. The van der Waals surface area contributed by atoms with Crippen molar-refractivity contribution >= 4 is 29.1 Å². The molecular weight excluding hydrogens is 460 g/mol. The Morgan fingerprint density at radius 1 is 1.08 bits per heavy atom. The normalized spacial score (nSPS) is 17.5. The molecule has 0 bridgehead atoms. The second-order valence-corrected chi connectivity index (χ2v) is 10.4. The van der Waals surface area contributed by atoms with Gasteiger partial charge in [0.2, 0.25) is 5.69 Å². The maximum Gasteiger partial charge on any atom is 0.335 e. The Balaban J connectivity index is 1.70. The number of rotatable bonds is 8. The summed E-state index contributed by atoms with van der Waals surface area (Å²) in [5.74, 6) is 0.716. The molecule has 0 aromatic heterocycles. The predicted octanol–water partition coefficient (Wildman–Crippen LogP) is 7.08. The minimum atomic E-state index is -0.899. The zero-order valence-corrected chi connectivity index (χ0v) is 22.7. The lowest BCUT2D eigenvalue weighted by molar-refractivity contribution is -0.438. The highest BCUT2D eigenvalue weighted by molar-refractivity contribution is 6.04. The second-order valence-electron chi connectivity index (χ2n) is 10.4. The predicted molar refractivity (Wildman–Crippen MR) is 152 cm³/mol. The van der Waals surface area contributed by atoms with Crippen LogP contribution in [0.3, 0.4) is 0 Å². The minimum absolute atomic E-state index is 0.323. The van der Waals surface area contributed by atoms with Crippen molar-refractivity contribution in [3.05, 3.63) is 101 Å². The number of ether oxygens (including phenoxy) is 1. The Hall–Kier alpha value is -3.86. The van der Waals surface area contributed by atoms with Gasteiger partial charge in [-0.3, -0.25) is 0 Å². The SMILES string of the molecule is CCCC[N+]1=C(/C=C2\C=C(C)OC(/C=C/c3ccc(N(C)C)cc3)=C2)C(C)(C)c2cc(C(=O)O)ccc21. The highest BCUT2D eigenvalue weighted by atomic mass is 16.5. The van der Waals surface area contributed by atoms with E-state index in [4.69, 9.17) is 4.74 Å². The second kappa shape index (κ2) is 10.6. The van der Waals surface area contributed by atoms with Gasteiger partial charge in [0.05, 0.1) is 11.0 Å². The number of carboxylic acids is 1. The first kappa shape index (κ1) is 26.2. The van der Waals surface area contributed by atoms with Gasteiger partial charge < -0.3 is 14.7 Å². The van der Waals surface area contributed by atoms with E-state index in [9.17, 15) is 9.90 Å². The van der Waals surface area contributed by atoms with Gasteiger partial charge >= 0.3 is 5.97 Å². The summed E-state index contributed by atoms with van der Waals surface area (Å²) in [6.45, 7) is 9.39. The minimum Gasteiger partial charge on any atom is -0.478 e. The van der Waals surface area contributed by atoms with Crippen LogP contribution < -0.4 is 4.90 Å². The van der Waals surface area contributed by atoms with Crippen LogP contribution in [0.15, 0.2) is 83.9 Å². The van der Waals surface area contributed by atoms with Crippen LogP contribution in [0.25, 0.3) is 6.08 Å². The number of anilines is 1. The van der Waals surface area contributed by atoms with E-state index in [1.54, 1.807) is 6.07 Å². The van der Waals surface area contributed by atoms with Crippen molar-refractivity contribution in [2.45, 2.75) is 46.0 Å². The van der Waals surface area contributed by atoms with Crippen LogP contribution in [0.2, 0.25) is 0 Å². The molecule has 2 aliphatic heterocycles. The largest absolute Gasteiger partial charge is 0.478 e. The Bertz CT molecular complexity index is 1350. The summed E-state index contributed by atoms with van der Waals surface area (Å²) < 4.78 is 8.36. The fraction of sp³-hybridized carbons (Fsp3) is 0.312. The highest BCUT2D eigenvalue weighted by Crippen LogP contribution is 2.41. The smallest absolute Gasteiger partial charge is 0.335 e. The van der Waals surface area contributed by atoms with Crippen LogP contribution in [0, 0.1) is 0 Å². The van der Waals surface area contributed by atoms with Crippen LogP contribution in [0.5, 0.6) is 0 Å². The molecule has 2 aromatic rings. The Labute approximate surface area is 220 Å². The van der Waals surface area contributed by atoms with Crippen LogP contribution in [0.1, 0.15) is 62.0 Å². The number of fused-ring (bicyclic) bond motifs is 1. The van der Waals surface area contributed by atoms with Crippen molar-refractivity contribution < 1.29 is 19.2 Å². The number of allylic oxidation sites excluding steroid dienone is 6. The van der Waals surface area contributed by atoms with E-state index in [0.29, 0.717) is 5.56 Å². The molecule has 0 aliphatic carbocycles. The fourth-order valence-electron chi connectivity index (χ4n) is 4.90. The number of carbonyl (C=O) groups is 1. The number of carboxylic acid groups (broad SMARTS) is 1. The van der Waals surface area contributed by atoms with E-state index >= 15 is 0 Å². The van der Waals surface area contributed by atoms with Crippen LogP contribution in [-0.2, 0) is 10.2 Å². The van der Waals surface area contributed by atoms with Crippen LogP contribution in [-0.4, -0.2) is 42.0 Å². The van der Waals surface area contributed by atoms with Gasteiger partial charge in [-0.25, -0.2) is 4.79 Å². The maximum absolute atomic E-state index is 11.7. The lowest BCUT2D eigenvalue weighted by atomic mass is 9.80. The number of hydrogen-bond donors (Lipinski definition) is 1. The van der Waals surface area contributed by atoms with Gasteiger partial charge in [0.25, 0.3) is 0 Å². The number of aromatic carboxylic acids is 1. The van der Waals surface area contributed by atoms with Crippen molar-refractivity contribution in [2.24, 2.45) is 0 Å². The van der Waals surface area contributed by atoms with Gasteiger partial charge in [0.1, 0.15) is 18.1 Å². The van der Waals surface area contributed by atoms with Crippen LogP contribution >= 0.6 is 0 Å². The molecule has 5 nitrogen and oxygen atoms in total. The zero-order chi connectivity index (χ0) is 26.7. The first-order valence-corrected chi connectivity index (χ1v) is 12.9. The topological polar surface area (TPSA) is 52.8 Å². The standard InChI is InChI=1S/C32H36N2O3/c1-7-8-17-34-29-16-12-25(31(35)36)21-28(29)32(3,4)30(34)20-24-18-22(2)37-27(19-24)15-11-23-9-13-26(14-10-23)33(5)6/h9-16,18-21H,7-8,17H2,1-6H3/p+1. The number of nitrogens with zero attached hydrogens (tertiary/aromatic N) is 2. The maximum atomic E-state index is 11.7. The first-order valence-electron chi connectivity index (χ1n) is 12.9. The average molecular weight is 498 g/mol. The van der Waals surface area contributed by atoms with Gasteiger partial charge in [0, 0.05) is 43.9 Å². The van der Waals surface area contributed by atoms with Crippen molar-refractivity contribution in [2.75, 3.05) is 25.5 Å². The summed E-state index contributed by atoms with van der Waals surface area (Å²) in [7, 11) is 4.07. The summed E-state index contributed by atoms with van der Waals surface area (Å²) in [4.78, 5) is 13.8. The third-order valence-corrected chi connectivity index (χ3v) is 6.98. The third-order valence-electron chi connectivity index (χ3n) is 6.98. The van der Waals surface area contributed by atoms with Crippen molar-refractivity contribution in [3.8, 4) is 0 Å². The van der Waals surface area contributed by atoms with E-state index in [-0.39, 0.29) is 5.41 Å². The average Bonchev–Trinajstić information content (AvgIpc) is 3.06.